The first-order valence-corrected chi connectivity index (χ1v) is 7.31. The number of hydrogen-bond donors (Lipinski definition) is 1. The Bertz CT molecular complexity index is 397. The Morgan fingerprint density at radius 3 is 3.06 bits per heavy atom. The molecule has 0 aromatic heterocycles. The molecule has 100 valence electrons. The van der Waals surface area contributed by atoms with Crippen molar-refractivity contribution in [2.24, 2.45) is 0 Å². The molecule has 1 aromatic rings. The van der Waals surface area contributed by atoms with Crippen LogP contribution in [0.5, 0.6) is 0 Å². The summed E-state index contributed by atoms with van der Waals surface area (Å²) in [5, 5.41) is 3.29. The van der Waals surface area contributed by atoms with Crippen molar-refractivity contribution in [3.63, 3.8) is 0 Å². The minimum atomic E-state index is -0.206. The molecule has 2 rings (SSSR count). The monoisotopic (exact) mass is 315 g/mol. The zero-order valence-electron chi connectivity index (χ0n) is 10.6. The molecule has 0 bridgehead atoms. The van der Waals surface area contributed by atoms with Crippen LogP contribution in [-0.4, -0.2) is 18.8 Å². The number of benzene rings is 1. The third-order valence-corrected chi connectivity index (χ3v) is 3.76. The lowest BCUT2D eigenvalue weighted by Crippen LogP contribution is -2.34. The summed E-state index contributed by atoms with van der Waals surface area (Å²) in [5.74, 6) is -0.206. The van der Waals surface area contributed by atoms with E-state index >= 15 is 0 Å². The highest BCUT2D eigenvalue weighted by Crippen LogP contribution is 2.24. The highest BCUT2D eigenvalue weighted by molar-refractivity contribution is 9.10. The molecule has 2 nitrogen and oxygen atoms in total. The smallest absolute Gasteiger partial charge is 0.147 e. The van der Waals surface area contributed by atoms with Gasteiger partial charge in [-0.1, -0.05) is 29.3 Å². The van der Waals surface area contributed by atoms with Crippen molar-refractivity contribution in [3.8, 4) is 0 Å². The SMILES string of the molecule is CCCC1CC(Nc2ccc(Br)cc2F)CCO1. The Morgan fingerprint density at radius 1 is 1.50 bits per heavy atom. The maximum absolute atomic E-state index is 13.7. The first-order chi connectivity index (χ1) is 8.69. The maximum Gasteiger partial charge on any atom is 0.147 e. The van der Waals surface area contributed by atoms with Crippen LogP contribution in [0.2, 0.25) is 0 Å². The van der Waals surface area contributed by atoms with Crippen LogP contribution in [0.25, 0.3) is 0 Å². The summed E-state index contributed by atoms with van der Waals surface area (Å²) < 4.78 is 20.2. The Morgan fingerprint density at radius 2 is 2.33 bits per heavy atom. The van der Waals surface area contributed by atoms with Crippen LogP contribution < -0.4 is 5.32 Å². The third-order valence-electron chi connectivity index (χ3n) is 3.27. The van der Waals surface area contributed by atoms with Gasteiger partial charge in [0.2, 0.25) is 0 Å². The number of nitrogens with one attached hydrogen (secondary N) is 1. The fourth-order valence-electron chi connectivity index (χ4n) is 2.36. The van der Waals surface area contributed by atoms with Gasteiger partial charge in [-0.2, -0.15) is 0 Å². The standard InChI is InChI=1S/C14H19BrFNO/c1-2-3-12-9-11(6-7-18-12)17-14-5-4-10(15)8-13(14)16/h4-5,8,11-12,17H,2-3,6-7,9H2,1H3. The molecule has 1 aliphatic heterocycles. The van der Waals surface area contributed by atoms with Crippen molar-refractivity contribution in [3.05, 3.63) is 28.5 Å². The van der Waals surface area contributed by atoms with Crippen molar-refractivity contribution in [2.75, 3.05) is 11.9 Å². The molecule has 2 atom stereocenters. The van der Waals surface area contributed by atoms with E-state index < -0.39 is 0 Å². The van der Waals surface area contributed by atoms with Crippen molar-refractivity contribution in [1.29, 1.82) is 0 Å². The van der Waals surface area contributed by atoms with Gasteiger partial charge in [-0.3, -0.25) is 0 Å². The molecule has 0 aliphatic carbocycles. The van der Waals surface area contributed by atoms with Crippen LogP contribution >= 0.6 is 15.9 Å². The molecule has 1 N–H and O–H groups in total. The number of hydrogen-bond acceptors (Lipinski definition) is 2. The topological polar surface area (TPSA) is 21.3 Å². The minimum Gasteiger partial charge on any atom is -0.380 e. The van der Waals surface area contributed by atoms with Crippen LogP contribution in [0, 0.1) is 5.82 Å². The third kappa shape index (κ3) is 3.69. The second kappa shape index (κ2) is 6.53. The van der Waals surface area contributed by atoms with Crippen LogP contribution in [0.1, 0.15) is 32.6 Å². The molecular formula is C14H19BrFNO. The summed E-state index contributed by atoms with van der Waals surface area (Å²) in [6, 6.07) is 5.44. The zero-order chi connectivity index (χ0) is 13.0. The molecular weight excluding hydrogens is 297 g/mol. The molecule has 1 fully saturated rings. The highest BCUT2D eigenvalue weighted by Gasteiger charge is 2.22. The second-order valence-electron chi connectivity index (χ2n) is 4.77. The van der Waals surface area contributed by atoms with Crippen LogP contribution in [-0.2, 0) is 4.74 Å². The van der Waals surface area contributed by atoms with Gasteiger partial charge in [-0.25, -0.2) is 4.39 Å². The van der Waals surface area contributed by atoms with E-state index in [0.717, 1.165) is 36.8 Å². The van der Waals surface area contributed by atoms with Gasteiger partial charge in [0, 0.05) is 17.1 Å². The van der Waals surface area contributed by atoms with E-state index in [9.17, 15) is 4.39 Å². The van der Waals surface area contributed by atoms with E-state index in [2.05, 4.69) is 28.2 Å². The van der Waals surface area contributed by atoms with Crippen LogP contribution in [0.4, 0.5) is 10.1 Å². The lowest BCUT2D eigenvalue weighted by molar-refractivity contribution is 0.00593. The van der Waals surface area contributed by atoms with Crippen molar-refractivity contribution in [2.45, 2.75) is 44.8 Å². The van der Waals surface area contributed by atoms with Gasteiger partial charge >= 0.3 is 0 Å². The lowest BCUT2D eigenvalue weighted by Gasteiger charge is -2.30. The minimum absolute atomic E-state index is 0.206. The van der Waals surface area contributed by atoms with Gasteiger partial charge in [0.05, 0.1) is 11.8 Å². The van der Waals surface area contributed by atoms with Gasteiger partial charge in [0.25, 0.3) is 0 Å². The molecule has 18 heavy (non-hydrogen) atoms. The summed E-state index contributed by atoms with van der Waals surface area (Å²) in [6.07, 6.45) is 4.43. The summed E-state index contributed by atoms with van der Waals surface area (Å²) >= 11 is 3.26. The average Bonchev–Trinajstić information content (AvgIpc) is 2.34. The van der Waals surface area contributed by atoms with Gasteiger partial charge < -0.3 is 10.1 Å². The van der Waals surface area contributed by atoms with Crippen molar-refractivity contribution in [1.82, 2.24) is 0 Å². The average molecular weight is 316 g/mol. The van der Waals surface area contributed by atoms with Gasteiger partial charge in [0.15, 0.2) is 0 Å². The summed E-state index contributed by atoms with van der Waals surface area (Å²) in [4.78, 5) is 0. The molecule has 0 radical (unpaired) electrons. The maximum atomic E-state index is 13.7. The van der Waals surface area contributed by atoms with E-state index in [1.165, 1.54) is 6.07 Å². The van der Waals surface area contributed by atoms with Crippen molar-refractivity contribution >= 4 is 21.6 Å². The first kappa shape index (κ1) is 13.8. The Hall–Kier alpha value is -0.610. The lowest BCUT2D eigenvalue weighted by atomic mass is 10.00. The van der Waals surface area contributed by atoms with Crippen molar-refractivity contribution < 1.29 is 9.13 Å². The number of halogens is 2. The molecule has 4 heteroatoms. The highest BCUT2D eigenvalue weighted by atomic mass is 79.9. The van der Waals surface area contributed by atoms with Crippen LogP contribution in [0.15, 0.2) is 22.7 Å². The molecule has 0 saturated carbocycles. The molecule has 1 heterocycles. The number of rotatable bonds is 4. The zero-order valence-corrected chi connectivity index (χ0v) is 12.2. The molecule has 1 saturated heterocycles. The van der Waals surface area contributed by atoms with Crippen LogP contribution in [0.3, 0.4) is 0 Å². The molecule has 0 spiro atoms. The normalized spacial score (nSPS) is 23.9. The number of anilines is 1. The van der Waals surface area contributed by atoms with E-state index in [0.29, 0.717) is 17.8 Å². The summed E-state index contributed by atoms with van der Waals surface area (Å²) in [7, 11) is 0. The Kier molecular flexibility index (Phi) is 5.01. The summed E-state index contributed by atoms with van der Waals surface area (Å²) in [5.41, 5.74) is 0.584. The fraction of sp³-hybridized carbons (Fsp3) is 0.571. The molecule has 0 amide bonds. The van der Waals surface area contributed by atoms with E-state index in [-0.39, 0.29) is 5.82 Å². The molecule has 2 unspecified atom stereocenters. The van der Waals surface area contributed by atoms with Gasteiger partial charge in [-0.05, 0) is 37.5 Å². The molecule has 1 aromatic carbocycles. The van der Waals surface area contributed by atoms with Gasteiger partial charge in [-0.15, -0.1) is 0 Å². The summed E-state index contributed by atoms with van der Waals surface area (Å²) in [6.45, 7) is 2.93. The number of ether oxygens (including phenoxy) is 1. The van der Waals surface area contributed by atoms with E-state index in [1.54, 1.807) is 6.07 Å². The quantitative estimate of drug-likeness (QED) is 0.892. The first-order valence-electron chi connectivity index (χ1n) is 6.52. The second-order valence-corrected chi connectivity index (χ2v) is 5.69. The van der Waals surface area contributed by atoms with E-state index in [4.69, 9.17) is 4.74 Å². The fourth-order valence-corrected chi connectivity index (χ4v) is 2.69. The predicted octanol–water partition coefficient (Wildman–Crippen LogP) is 4.35. The van der Waals surface area contributed by atoms with Gasteiger partial charge in [0.1, 0.15) is 5.82 Å². The Labute approximate surface area is 116 Å². The largest absolute Gasteiger partial charge is 0.380 e. The van der Waals surface area contributed by atoms with E-state index in [1.807, 2.05) is 6.07 Å². The molecule has 1 aliphatic rings. The Balaban J connectivity index is 1.96. The predicted molar refractivity (Wildman–Crippen MR) is 75.4 cm³/mol.